The van der Waals surface area contributed by atoms with Gasteiger partial charge in [0.25, 0.3) is 5.88 Å². The second-order valence-corrected chi connectivity index (χ2v) is 9.66. The Morgan fingerprint density at radius 2 is 1.97 bits per heavy atom. The fourth-order valence-electron chi connectivity index (χ4n) is 4.17. The first-order valence-corrected chi connectivity index (χ1v) is 11.5. The summed E-state index contributed by atoms with van der Waals surface area (Å²) in [7, 11) is 0. The summed E-state index contributed by atoms with van der Waals surface area (Å²) >= 11 is 0. The lowest BCUT2D eigenvalue weighted by atomic mass is 9.96. The minimum absolute atomic E-state index is 0.143. The normalized spacial score (nSPS) is 20.4. The molecule has 1 amide bonds. The van der Waals surface area contributed by atoms with Gasteiger partial charge >= 0.3 is 6.09 Å². The number of Topliss-reactive ketones (excluding diaryl/α,β-unsaturated/α-hetero) is 1. The fourth-order valence-corrected chi connectivity index (χ4v) is 4.17. The molecule has 4 rings (SSSR count). The number of aromatic nitrogens is 1. The monoisotopic (exact) mass is 444 g/mol. The number of amides is 1. The molecular weight excluding hydrogens is 412 g/mol. The van der Waals surface area contributed by atoms with E-state index in [1.54, 1.807) is 4.90 Å². The van der Waals surface area contributed by atoms with Crippen LogP contribution in [0.25, 0.3) is 11.0 Å². The molecule has 0 N–H and O–H groups in total. The minimum Gasteiger partial charge on any atom is -0.482 e. The Labute approximate surface area is 188 Å². The topological polar surface area (TPSA) is 91.1 Å². The lowest BCUT2D eigenvalue weighted by Gasteiger charge is -2.33. The molecule has 8 nitrogen and oxygen atoms in total. The van der Waals surface area contributed by atoms with Crippen molar-refractivity contribution in [2.45, 2.75) is 71.0 Å². The first-order chi connectivity index (χ1) is 15.3. The molecule has 2 aliphatic rings. The maximum Gasteiger partial charge on any atom is 0.410 e. The summed E-state index contributed by atoms with van der Waals surface area (Å²) in [6.07, 6.45) is 4.18. The van der Waals surface area contributed by atoms with Crippen molar-refractivity contribution in [3.63, 3.8) is 0 Å². The molecule has 174 valence electrons. The van der Waals surface area contributed by atoms with Gasteiger partial charge in [0.15, 0.2) is 17.5 Å². The van der Waals surface area contributed by atoms with Crippen molar-refractivity contribution in [3.8, 4) is 11.6 Å². The van der Waals surface area contributed by atoms with Gasteiger partial charge in [-0.25, -0.2) is 4.79 Å². The zero-order valence-corrected chi connectivity index (χ0v) is 19.1. The van der Waals surface area contributed by atoms with Crippen LogP contribution in [0.15, 0.2) is 22.7 Å². The van der Waals surface area contributed by atoms with E-state index in [1.165, 1.54) is 0 Å². The first kappa shape index (κ1) is 22.4. The van der Waals surface area contributed by atoms with E-state index in [4.69, 9.17) is 18.7 Å². The Balaban J connectivity index is 1.36. The molecule has 0 spiro atoms. The summed E-state index contributed by atoms with van der Waals surface area (Å²) in [6.45, 7) is 7.36. The average molecular weight is 445 g/mol. The Morgan fingerprint density at radius 1 is 1.19 bits per heavy atom. The van der Waals surface area contributed by atoms with Crippen LogP contribution in [0.4, 0.5) is 4.79 Å². The van der Waals surface area contributed by atoms with Crippen molar-refractivity contribution in [1.29, 1.82) is 0 Å². The number of fused-ring (bicyclic) bond motifs is 1. The zero-order chi connectivity index (χ0) is 22.7. The molecule has 1 aromatic heterocycles. The van der Waals surface area contributed by atoms with Crippen molar-refractivity contribution >= 4 is 22.8 Å². The van der Waals surface area contributed by atoms with Gasteiger partial charge in [-0.15, -0.1) is 0 Å². The number of benzene rings is 1. The second kappa shape index (κ2) is 9.38. The molecule has 1 unspecified atom stereocenters. The molecular formula is C24H32N2O6. The van der Waals surface area contributed by atoms with E-state index >= 15 is 0 Å². The summed E-state index contributed by atoms with van der Waals surface area (Å²) in [5.41, 5.74) is 0.0769. The van der Waals surface area contributed by atoms with Gasteiger partial charge in [-0.05, 0) is 76.1 Å². The molecule has 1 saturated carbocycles. The quantitative estimate of drug-likeness (QED) is 0.657. The molecule has 1 aliphatic carbocycles. The Morgan fingerprint density at radius 3 is 2.69 bits per heavy atom. The van der Waals surface area contributed by atoms with Gasteiger partial charge in [0, 0.05) is 19.5 Å². The van der Waals surface area contributed by atoms with Gasteiger partial charge in [0.05, 0.1) is 6.61 Å². The summed E-state index contributed by atoms with van der Waals surface area (Å²) in [5.74, 6) is 1.39. The average Bonchev–Trinajstić information content (AvgIpc) is 3.17. The van der Waals surface area contributed by atoms with Gasteiger partial charge in [0.2, 0.25) is 0 Å². The van der Waals surface area contributed by atoms with Crippen molar-refractivity contribution in [3.05, 3.63) is 18.2 Å². The lowest BCUT2D eigenvalue weighted by molar-refractivity contribution is -0.127. The third-order valence-corrected chi connectivity index (χ3v) is 5.92. The van der Waals surface area contributed by atoms with E-state index in [1.807, 2.05) is 39.0 Å². The summed E-state index contributed by atoms with van der Waals surface area (Å²) in [4.78, 5) is 26.2. The molecule has 1 atom stereocenters. The van der Waals surface area contributed by atoms with Gasteiger partial charge in [-0.1, -0.05) is 6.07 Å². The number of ether oxygens (including phenoxy) is 3. The SMILES string of the molecule is CC(C)(C)OC(=O)N1CCC(COc2noc3cccc(OC4CCCCC4=O)c23)CC1. The van der Waals surface area contributed by atoms with Gasteiger partial charge in [-0.2, -0.15) is 0 Å². The largest absolute Gasteiger partial charge is 0.482 e. The van der Waals surface area contributed by atoms with Crippen LogP contribution in [0, 0.1) is 5.92 Å². The molecule has 1 aromatic carbocycles. The minimum atomic E-state index is -0.493. The number of ketones is 1. The molecule has 32 heavy (non-hydrogen) atoms. The van der Waals surface area contributed by atoms with Crippen LogP contribution in [0.2, 0.25) is 0 Å². The van der Waals surface area contributed by atoms with Crippen LogP contribution in [0.3, 0.4) is 0 Å². The van der Waals surface area contributed by atoms with E-state index in [-0.39, 0.29) is 11.9 Å². The number of hydrogen-bond donors (Lipinski definition) is 0. The highest BCUT2D eigenvalue weighted by Crippen LogP contribution is 2.36. The summed E-state index contributed by atoms with van der Waals surface area (Å²) < 4.78 is 23.0. The van der Waals surface area contributed by atoms with Crippen LogP contribution in [0.1, 0.15) is 59.3 Å². The molecule has 1 aliphatic heterocycles. The maximum atomic E-state index is 12.2. The second-order valence-electron chi connectivity index (χ2n) is 9.66. The highest BCUT2D eigenvalue weighted by atomic mass is 16.6. The number of rotatable bonds is 5. The van der Waals surface area contributed by atoms with Crippen LogP contribution in [0.5, 0.6) is 11.6 Å². The van der Waals surface area contributed by atoms with Crippen LogP contribution in [-0.4, -0.2) is 53.3 Å². The summed E-state index contributed by atoms with van der Waals surface area (Å²) in [6, 6.07) is 5.46. The van der Waals surface area contributed by atoms with E-state index in [9.17, 15) is 9.59 Å². The molecule has 2 aromatic rings. The standard InChI is InChI=1S/C24H32N2O6/c1-24(2,3)31-23(28)26-13-11-16(12-14-26)15-29-22-21-19(9-6-10-20(21)32-25-22)30-18-8-5-4-7-17(18)27/h6,9-10,16,18H,4-5,7-8,11-15H2,1-3H3. The van der Waals surface area contributed by atoms with Crippen molar-refractivity contribution < 1.29 is 28.3 Å². The predicted octanol–water partition coefficient (Wildman–Crippen LogP) is 4.74. The van der Waals surface area contributed by atoms with Gasteiger partial charge in [-0.3, -0.25) is 4.79 Å². The lowest BCUT2D eigenvalue weighted by Crippen LogP contribution is -2.42. The van der Waals surface area contributed by atoms with E-state index in [2.05, 4.69) is 5.16 Å². The highest BCUT2D eigenvalue weighted by Gasteiger charge is 2.29. The van der Waals surface area contributed by atoms with Crippen LogP contribution < -0.4 is 9.47 Å². The number of nitrogens with zero attached hydrogens (tertiary/aromatic N) is 2. The van der Waals surface area contributed by atoms with E-state index in [0.29, 0.717) is 54.6 Å². The van der Waals surface area contributed by atoms with Crippen molar-refractivity contribution in [2.24, 2.45) is 5.92 Å². The molecule has 0 radical (unpaired) electrons. The Bertz CT molecular complexity index is 955. The number of carbonyl (C=O) groups excluding carboxylic acids is 2. The number of likely N-dealkylation sites (tertiary alicyclic amines) is 1. The van der Waals surface area contributed by atoms with Crippen LogP contribution >= 0.6 is 0 Å². The molecule has 2 heterocycles. The van der Waals surface area contributed by atoms with E-state index < -0.39 is 11.7 Å². The number of carbonyl (C=O) groups is 2. The Kier molecular flexibility index (Phi) is 6.58. The predicted molar refractivity (Wildman–Crippen MR) is 118 cm³/mol. The molecule has 8 heteroatoms. The Hall–Kier alpha value is -2.77. The molecule has 0 bridgehead atoms. The van der Waals surface area contributed by atoms with Crippen LogP contribution in [-0.2, 0) is 9.53 Å². The van der Waals surface area contributed by atoms with E-state index in [0.717, 1.165) is 32.1 Å². The molecule has 2 fully saturated rings. The highest BCUT2D eigenvalue weighted by molar-refractivity contribution is 5.90. The first-order valence-electron chi connectivity index (χ1n) is 11.5. The van der Waals surface area contributed by atoms with Crippen molar-refractivity contribution in [1.82, 2.24) is 10.1 Å². The smallest absolute Gasteiger partial charge is 0.410 e. The maximum absolute atomic E-state index is 12.2. The third-order valence-electron chi connectivity index (χ3n) is 5.92. The summed E-state index contributed by atoms with van der Waals surface area (Å²) in [5, 5.41) is 4.75. The van der Waals surface area contributed by atoms with Crippen molar-refractivity contribution in [2.75, 3.05) is 19.7 Å². The number of piperidine rings is 1. The fraction of sp³-hybridized carbons (Fsp3) is 0.625. The van der Waals surface area contributed by atoms with Gasteiger partial charge < -0.3 is 23.6 Å². The molecule has 1 saturated heterocycles. The number of hydrogen-bond acceptors (Lipinski definition) is 7. The third kappa shape index (κ3) is 5.34. The zero-order valence-electron chi connectivity index (χ0n) is 19.1. The van der Waals surface area contributed by atoms with Gasteiger partial charge in [0.1, 0.15) is 16.7 Å².